The molecule has 0 unspecified atom stereocenters. The van der Waals surface area contributed by atoms with Crippen LogP contribution >= 0.6 is 11.8 Å². The van der Waals surface area contributed by atoms with Gasteiger partial charge in [-0.3, -0.25) is 14.5 Å². The van der Waals surface area contributed by atoms with Gasteiger partial charge in [0.15, 0.2) is 0 Å². The molecule has 0 spiro atoms. The highest BCUT2D eigenvalue weighted by Crippen LogP contribution is 2.40. The second-order valence-electron chi connectivity index (χ2n) is 9.47. The summed E-state index contributed by atoms with van der Waals surface area (Å²) in [5.74, 6) is -1.11. The van der Waals surface area contributed by atoms with Crippen molar-refractivity contribution in [1.82, 2.24) is 15.5 Å². The Morgan fingerprint density at radius 1 is 1.11 bits per heavy atom. The fourth-order valence-corrected chi connectivity index (χ4v) is 5.39. The Morgan fingerprint density at radius 3 is 2.47 bits per heavy atom. The lowest BCUT2D eigenvalue weighted by molar-refractivity contribution is -0.137. The first-order valence-corrected chi connectivity index (χ1v) is 13.2. The van der Waals surface area contributed by atoms with Gasteiger partial charge in [0.1, 0.15) is 0 Å². The number of aliphatic hydroxyl groups is 1. The lowest BCUT2D eigenvalue weighted by atomic mass is 9.76. The van der Waals surface area contributed by atoms with E-state index in [1.54, 1.807) is 11.8 Å². The fourth-order valence-electron chi connectivity index (χ4n) is 4.93. The van der Waals surface area contributed by atoms with Gasteiger partial charge in [0.25, 0.3) is 5.91 Å². The molecule has 1 heterocycles. The average Bonchev–Trinajstić information content (AvgIpc) is 2.85. The molecule has 0 atom stereocenters. The molecule has 1 saturated carbocycles. The van der Waals surface area contributed by atoms with Gasteiger partial charge in [0.2, 0.25) is 5.91 Å². The van der Waals surface area contributed by atoms with Gasteiger partial charge in [-0.2, -0.15) is 13.2 Å². The van der Waals surface area contributed by atoms with Gasteiger partial charge < -0.3 is 15.7 Å². The van der Waals surface area contributed by atoms with Crippen LogP contribution in [0.5, 0.6) is 0 Å². The van der Waals surface area contributed by atoms with Gasteiger partial charge >= 0.3 is 6.18 Å². The maximum absolute atomic E-state index is 12.8. The topological polar surface area (TPSA) is 81.7 Å². The lowest BCUT2D eigenvalue weighted by Gasteiger charge is -2.48. The third-order valence-corrected chi connectivity index (χ3v) is 7.77. The number of nitrogens with zero attached hydrogens (tertiary/aromatic N) is 1. The van der Waals surface area contributed by atoms with Crippen molar-refractivity contribution < 1.29 is 27.9 Å². The molecule has 4 rings (SSSR count). The van der Waals surface area contributed by atoms with E-state index < -0.39 is 23.2 Å². The zero-order chi connectivity index (χ0) is 25.9. The molecule has 2 amide bonds. The number of hydrogen-bond acceptors (Lipinski definition) is 5. The molecule has 2 aromatic rings. The summed E-state index contributed by atoms with van der Waals surface area (Å²) in [6, 6.07) is 12.5. The summed E-state index contributed by atoms with van der Waals surface area (Å²) >= 11 is 1.66. The number of halogens is 3. The summed E-state index contributed by atoms with van der Waals surface area (Å²) in [6.45, 7) is 1.08. The van der Waals surface area contributed by atoms with E-state index in [1.165, 1.54) is 6.07 Å². The first-order chi connectivity index (χ1) is 17.1. The molecule has 0 bridgehead atoms. The third kappa shape index (κ3) is 6.22. The van der Waals surface area contributed by atoms with Gasteiger partial charge in [-0.1, -0.05) is 18.2 Å². The van der Waals surface area contributed by atoms with Crippen molar-refractivity contribution in [3.63, 3.8) is 0 Å². The van der Waals surface area contributed by atoms with Crippen LogP contribution in [0.15, 0.2) is 53.4 Å². The molecule has 2 aromatic carbocycles. The van der Waals surface area contributed by atoms with E-state index in [0.29, 0.717) is 32.0 Å². The summed E-state index contributed by atoms with van der Waals surface area (Å²) < 4.78 is 38.5. The second-order valence-corrected chi connectivity index (χ2v) is 10.4. The smallest absolute Gasteiger partial charge is 0.385 e. The molecule has 1 aliphatic carbocycles. The summed E-state index contributed by atoms with van der Waals surface area (Å²) in [4.78, 5) is 27.8. The molecule has 10 heteroatoms. The molecule has 2 fully saturated rings. The zero-order valence-electron chi connectivity index (χ0n) is 20.0. The number of alkyl halides is 3. The molecule has 3 N–H and O–H groups in total. The van der Waals surface area contributed by atoms with Crippen molar-refractivity contribution >= 4 is 23.6 Å². The summed E-state index contributed by atoms with van der Waals surface area (Å²) in [5, 5.41) is 16.4. The fraction of sp³-hybridized carbons (Fsp3) is 0.462. The van der Waals surface area contributed by atoms with Crippen LogP contribution in [-0.2, 0) is 16.6 Å². The standard InChI is InChI=1S/C26H30F3N3O3S/c1-36-22-7-3-5-18(13-22)25(35)10-8-21(9-11-25)32-15-20(16-32)31-23(33)14-30-24(34)17-4-2-6-19(12-17)26(27,28)29/h2-7,12-13,20-21,35H,8-11,14-16H2,1H3,(H,30,34)(H,31,33). The van der Waals surface area contributed by atoms with Crippen LogP contribution in [0, 0.1) is 0 Å². The van der Waals surface area contributed by atoms with Crippen molar-refractivity contribution in [2.45, 2.75) is 54.4 Å². The van der Waals surface area contributed by atoms with Crippen LogP contribution < -0.4 is 10.6 Å². The van der Waals surface area contributed by atoms with E-state index in [0.717, 1.165) is 41.5 Å². The van der Waals surface area contributed by atoms with Crippen molar-refractivity contribution in [2.75, 3.05) is 25.9 Å². The normalized spacial score (nSPS) is 23.1. The summed E-state index contributed by atoms with van der Waals surface area (Å²) in [7, 11) is 0. The summed E-state index contributed by atoms with van der Waals surface area (Å²) in [5.41, 5.74) is -0.902. The van der Waals surface area contributed by atoms with Gasteiger partial charge in [-0.15, -0.1) is 11.8 Å². The van der Waals surface area contributed by atoms with E-state index in [1.807, 2.05) is 24.5 Å². The number of carbonyl (C=O) groups excluding carboxylic acids is 2. The number of benzene rings is 2. The van der Waals surface area contributed by atoms with Crippen molar-refractivity contribution in [3.8, 4) is 0 Å². The number of nitrogens with one attached hydrogen (secondary N) is 2. The quantitative estimate of drug-likeness (QED) is 0.483. The Labute approximate surface area is 212 Å². The SMILES string of the molecule is CSc1cccc(C2(O)CCC(N3CC(NC(=O)CNC(=O)c4cccc(C(F)(F)F)c4)C3)CC2)c1. The van der Waals surface area contributed by atoms with Gasteiger partial charge in [0.05, 0.1) is 23.8 Å². The Balaban J connectivity index is 1.18. The lowest BCUT2D eigenvalue weighted by Crippen LogP contribution is -2.63. The highest BCUT2D eigenvalue weighted by molar-refractivity contribution is 7.98. The maximum Gasteiger partial charge on any atom is 0.416 e. The highest BCUT2D eigenvalue weighted by Gasteiger charge is 2.40. The minimum absolute atomic E-state index is 0.0398. The second kappa shape index (κ2) is 10.8. The molecule has 1 aliphatic heterocycles. The first-order valence-electron chi connectivity index (χ1n) is 11.9. The van der Waals surface area contributed by atoms with Crippen LogP contribution in [0.1, 0.15) is 47.2 Å². The average molecular weight is 522 g/mol. The van der Waals surface area contributed by atoms with E-state index in [2.05, 4.69) is 21.6 Å². The number of amides is 2. The van der Waals surface area contributed by atoms with Gasteiger partial charge in [-0.25, -0.2) is 0 Å². The van der Waals surface area contributed by atoms with Crippen LogP contribution in [0.25, 0.3) is 0 Å². The van der Waals surface area contributed by atoms with Gasteiger partial charge in [0, 0.05) is 29.6 Å². The van der Waals surface area contributed by atoms with Crippen LogP contribution in [0.4, 0.5) is 13.2 Å². The van der Waals surface area contributed by atoms with Gasteiger partial charge in [-0.05, 0) is 67.8 Å². The van der Waals surface area contributed by atoms with Crippen LogP contribution in [0.2, 0.25) is 0 Å². The Hall–Kier alpha value is -2.56. The molecule has 6 nitrogen and oxygen atoms in total. The van der Waals surface area contributed by atoms with E-state index in [-0.39, 0.29) is 24.1 Å². The molecule has 1 saturated heterocycles. The number of thioether (sulfide) groups is 1. The number of rotatable bonds is 7. The minimum atomic E-state index is -4.54. The first kappa shape index (κ1) is 26.5. The zero-order valence-corrected chi connectivity index (χ0v) is 20.8. The molecule has 36 heavy (non-hydrogen) atoms. The van der Waals surface area contributed by atoms with Crippen molar-refractivity contribution in [1.29, 1.82) is 0 Å². The molecule has 194 valence electrons. The summed E-state index contributed by atoms with van der Waals surface area (Å²) in [6.07, 6.45) is 0.583. The Bertz CT molecular complexity index is 1100. The molecule has 0 aromatic heterocycles. The van der Waals surface area contributed by atoms with Crippen molar-refractivity contribution in [3.05, 3.63) is 65.2 Å². The highest BCUT2D eigenvalue weighted by atomic mass is 32.2. The van der Waals surface area contributed by atoms with Crippen molar-refractivity contribution in [2.24, 2.45) is 0 Å². The van der Waals surface area contributed by atoms with E-state index in [4.69, 9.17) is 0 Å². The molecule has 0 radical (unpaired) electrons. The minimum Gasteiger partial charge on any atom is -0.385 e. The van der Waals surface area contributed by atoms with Crippen LogP contribution in [0.3, 0.4) is 0 Å². The Morgan fingerprint density at radius 2 is 1.81 bits per heavy atom. The third-order valence-electron chi connectivity index (χ3n) is 7.04. The Kier molecular flexibility index (Phi) is 7.96. The molecule has 2 aliphatic rings. The van der Waals surface area contributed by atoms with E-state index >= 15 is 0 Å². The maximum atomic E-state index is 12.8. The largest absolute Gasteiger partial charge is 0.416 e. The number of hydrogen-bond donors (Lipinski definition) is 3. The monoisotopic (exact) mass is 521 g/mol. The number of carbonyl (C=O) groups is 2. The number of likely N-dealkylation sites (tertiary alicyclic amines) is 1. The molecular formula is C26H30F3N3O3S. The molecular weight excluding hydrogens is 491 g/mol. The predicted octanol–water partition coefficient (Wildman–Crippen LogP) is 3.79. The van der Waals surface area contributed by atoms with E-state index in [9.17, 15) is 27.9 Å². The predicted molar refractivity (Wildman–Crippen MR) is 132 cm³/mol. The van der Waals surface area contributed by atoms with Crippen LogP contribution in [-0.4, -0.2) is 59.8 Å².